The summed E-state index contributed by atoms with van der Waals surface area (Å²) >= 11 is 0. The van der Waals surface area contributed by atoms with E-state index in [0.717, 1.165) is 22.3 Å². The van der Waals surface area contributed by atoms with E-state index in [-0.39, 0.29) is 5.41 Å². The van der Waals surface area contributed by atoms with Gasteiger partial charge in [0.25, 0.3) is 0 Å². The second-order valence-electron chi connectivity index (χ2n) is 6.31. The largest absolute Gasteiger partial charge is 0.317 e. The molecule has 1 aliphatic rings. The number of rotatable bonds is 6. The Morgan fingerprint density at radius 2 is 1.18 bits per heavy atom. The Hall–Kier alpha value is -2.12. The molecule has 0 aliphatic heterocycles. The topological polar surface area (TPSA) is 26.0 Å². The van der Waals surface area contributed by atoms with Crippen LogP contribution < -0.4 is 5.73 Å². The van der Waals surface area contributed by atoms with Crippen LogP contribution in [0.5, 0.6) is 0 Å². The van der Waals surface area contributed by atoms with Crippen molar-refractivity contribution in [1.29, 1.82) is 0 Å². The minimum absolute atomic E-state index is 0.187. The van der Waals surface area contributed by atoms with Crippen molar-refractivity contribution in [3.63, 3.8) is 0 Å². The van der Waals surface area contributed by atoms with Gasteiger partial charge >= 0.3 is 0 Å². The molecule has 1 aliphatic carbocycles. The van der Waals surface area contributed by atoms with E-state index in [1.807, 2.05) is 36.5 Å². The summed E-state index contributed by atoms with van der Waals surface area (Å²) in [5, 5.41) is 0. The highest BCUT2D eigenvalue weighted by molar-refractivity contribution is 5.70. The molecule has 0 aromatic rings. The van der Waals surface area contributed by atoms with E-state index in [0.29, 0.717) is 0 Å². The average Bonchev–Trinajstić information content (AvgIpc) is 2.71. The lowest BCUT2D eigenvalue weighted by atomic mass is 9.67. The summed E-state index contributed by atoms with van der Waals surface area (Å²) in [5.74, 6) is 0. The number of allylic oxidation sites excluding steroid dienone is 8. The molecule has 1 rings (SSSR count). The van der Waals surface area contributed by atoms with Gasteiger partial charge in [0.2, 0.25) is 0 Å². The highest BCUT2D eigenvalue weighted by atomic mass is 14.8. The highest BCUT2D eigenvalue weighted by Crippen LogP contribution is 2.50. The summed E-state index contributed by atoms with van der Waals surface area (Å²) in [6, 6.07) is 0. The normalized spacial score (nSPS) is 18.4. The molecule has 0 fully saturated rings. The summed E-state index contributed by atoms with van der Waals surface area (Å²) in [7, 11) is 0. The van der Waals surface area contributed by atoms with Gasteiger partial charge in [-0.15, -0.1) is 0 Å². The first kappa shape index (κ1) is 17.9. The zero-order chi connectivity index (χ0) is 17.0. The second kappa shape index (κ2) is 6.76. The molecule has 22 heavy (non-hydrogen) atoms. The van der Waals surface area contributed by atoms with Crippen LogP contribution in [0.4, 0.5) is 0 Å². The van der Waals surface area contributed by atoms with Gasteiger partial charge in [0.1, 0.15) is 0 Å². The predicted molar refractivity (Wildman–Crippen MR) is 99.5 cm³/mol. The van der Waals surface area contributed by atoms with Crippen LogP contribution in [0.2, 0.25) is 0 Å². The SMILES string of the molecule is C=C/C=C\C1=C(C=C)C(C=C)=C(/C=C\C=C)C1(N)C(C)(C)C. The fraction of sp³-hybridized carbons (Fsp3) is 0.238. The minimum Gasteiger partial charge on any atom is -0.317 e. The number of hydrogen-bond donors (Lipinski definition) is 1. The predicted octanol–water partition coefficient (Wildman–Crippen LogP) is 5.19. The lowest BCUT2D eigenvalue weighted by Crippen LogP contribution is -2.52. The third-order valence-corrected chi connectivity index (χ3v) is 4.11. The fourth-order valence-corrected chi connectivity index (χ4v) is 2.88. The van der Waals surface area contributed by atoms with Gasteiger partial charge in [-0.25, -0.2) is 0 Å². The zero-order valence-electron chi connectivity index (χ0n) is 14.0. The summed E-state index contributed by atoms with van der Waals surface area (Å²) < 4.78 is 0. The summed E-state index contributed by atoms with van der Waals surface area (Å²) in [5.41, 5.74) is 10.2. The molecule has 1 nitrogen and oxygen atoms in total. The Balaban J connectivity index is 3.82. The molecule has 0 unspecified atom stereocenters. The maximum Gasteiger partial charge on any atom is 0.0726 e. The standard InChI is InChI=1S/C21H27N/c1-8-12-14-18-16(10-3)17(11-4)19(15-13-9-2)21(18,22)20(5,6)7/h8-15H,1-4,22H2,5-7H3/b14-12-,15-13-. The molecule has 0 radical (unpaired) electrons. The molecule has 1 heteroatoms. The van der Waals surface area contributed by atoms with E-state index in [4.69, 9.17) is 5.73 Å². The Bertz CT molecular complexity index is 567. The Morgan fingerprint density at radius 3 is 1.41 bits per heavy atom. The zero-order valence-corrected chi connectivity index (χ0v) is 14.0. The van der Waals surface area contributed by atoms with Gasteiger partial charge in [-0.1, -0.05) is 95.7 Å². The van der Waals surface area contributed by atoms with E-state index < -0.39 is 5.54 Å². The van der Waals surface area contributed by atoms with Gasteiger partial charge in [0.05, 0.1) is 5.54 Å². The van der Waals surface area contributed by atoms with Gasteiger partial charge in [-0.2, -0.15) is 0 Å². The minimum atomic E-state index is -0.640. The Morgan fingerprint density at radius 1 is 0.818 bits per heavy atom. The van der Waals surface area contributed by atoms with Gasteiger partial charge in [0, 0.05) is 0 Å². The molecule has 0 aromatic heterocycles. The van der Waals surface area contributed by atoms with Crippen LogP contribution in [0, 0.1) is 5.41 Å². The van der Waals surface area contributed by atoms with Crippen molar-refractivity contribution in [3.8, 4) is 0 Å². The van der Waals surface area contributed by atoms with E-state index in [2.05, 4.69) is 47.1 Å². The molecule has 0 heterocycles. The van der Waals surface area contributed by atoms with Crippen LogP contribution in [-0.2, 0) is 0 Å². The Kier molecular flexibility index (Phi) is 5.51. The Labute approximate surface area is 135 Å². The number of hydrogen-bond acceptors (Lipinski definition) is 1. The van der Waals surface area contributed by atoms with Crippen LogP contribution in [0.3, 0.4) is 0 Å². The molecule has 0 bridgehead atoms. The van der Waals surface area contributed by atoms with Crippen molar-refractivity contribution in [2.75, 3.05) is 0 Å². The van der Waals surface area contributed by atoms with Gasteiger partial charge in [0.15, 0.2) is 0 Å². The average molecular weight is 293 g/mol. The van der Waals surface area contributed by atoms with E-state index in [9.17, 15) is 0 Å². The molecule has 0 spiro atoms. The van der Waals surface area contributed by atoms with Gasteiger partial charge in [-0.05, 0) is 27.7 Å². The number of nitrogens with two attached hydrogens (primary N) is 1. The molecule has 0 atom stereocenters. The molecule has 0 saturated heterocycles. The van der Waals surface area contributed by atoms with E-state index in [1.54, 1.807) is 12.2 Å². The summed E-state index contributed by atoms with van der Waals surface area (Å²) in [6.45, 7) is 21.9. The van der Waals surface area contributed by atoms with Crippen molar-refractivity contribution >= 4 is 0 Å². The summed E-state index contributed by atoms with van der Waals surface area (Å²) in [4.78, 5) is 0. The molecule has 116 valence electrons. The quantitative estimate of drug-likeness (QED) is 0.670. The van der Waals surface area contributed by atoms with Crippen molar-refractivity contribution in [2.45, 2.75) is 26.3 Å². The third-order valence-electron chi connectivity index (χ3n) is 4.11. The fourth-order valence-electron chi connectivity index (χ4n) is 2.88. The third kappa shape index (κ3) is 2.77. The lowest BCUT2D eigenvalue weighted by molar-refractivity contribution is 0.277. The van der Waals surface area contributed by atoms with Gasteiger partial charge < -0.3 is 5.73 Å². The van der Waals surface area contributed by atoms with Crippen LogP contribution >= 0.6 is 0 Å². The molecule has 0 amide bonds. The van der Waals surface area contributed by atoms with Crippen molar-refractivity contribution < 1.29 is 0 Å². The van der Waals surface area contributed by atoms with E-state index in [1.165, 1.54) is 0 Å². The van der Waals surface area contributed by atoms with Crippen molar-refractivity contribution in [2.24, 2.45) is 11.1 Å². The maximum absolute atomic E-state index is 6.96. The highest BCUT2D eigenvalue weighted by Gasteiger charge is 2.48. The first-order chi connectivity index (χ1) is 10.3. The van der Waals surface area contributed by atoms with Crippen molar-refractivity contribution in [3.05, 3.63) is 97.2 Å². The smallest absolute Gasteiger partial charge is 0.0726 e. The molecular formula is C21H27N. The van der Waals surface area contributed by atoms with Crippen molar-refractivity contribution in [1.82, 2.24) is 0 Å². The first-order valence-electron chi connectivity index (χ1n) is 7.41. The first-order valence-corrected chi connectivity index (χ1v) is 7.41. The van der Waals surface area contributed by atoms with Gasteiger partial charge in [-0.3, -0.25) is 0 Å². The van der Waals surface area contributed by atoms with Crippen LogP contribution in [0.15, 0.2) is 97.2 Å². The van der Waals surface area contributed by atoms with Crippen LogP contribution in [0.1, 0.15) is 20.8 Å². The maximum atomic E-state index is 6.96. The molecular weight excluding hydrogens is 266 g/mol. The summed E-state index contributed by atoms with van der Waals surface area (Å²) in [6.07, 6.45) is 15.1. The monoisotopic (exact) mass is 293 g/mol. The molecule has 0 saturated carbocycles. The lowest BCUT2D eigenvalue weighted by Gasteiger charge is -2.42. The second-order valence-corrected chi connectivity index (χ2v) is 6.31. The molecule has 0 aromatic carbocycles. The van der Waals surface area contributed by atoms with Crippen LogP contribution in [-0.4, -0.2) is 5.54 Å². The molecule has 2 N–H and O–H groups in total. The van der Waals surface area contributed by atoms with E-state index >= 15 is 0 Å². The van der Waals surface area contributed by atoms with Crippen LogP contribution in [0.25, 0.3) is 0 Å².